The molecule has 0 radical (unpaired) electrons. The van der Waals surface area contributed by atoms with Gasteiger partial charge in [-0.05, 0) is 23.6 Å². The number of aromatic nitrogens is 3. The first-order valence-corrected chi connectivity index (χ1v) is 6.60. The Balaban J connectivity index is 1.90. The first kappa shape index (κ1) is 15.6. The third kappa shape index (κ3) is 4.37. The van der Waals surface area contributed by atoms with E-state index < -0.39 is 5.97 Å². The van der Waals surface area contributed by atoms with Gasteiger partial charge >= 0.3 is 5.97 Å². The fraction of sp³-hybridized carbons (Fsp3) is 0.286. The molecule has 1 unspecified atom stereocenters. The number of hydrogen-bond acceptors (Lipinski definition) is 4. The van der Waals surface area contributed by atoms with Crippen LogP contribution in [0.5, 0.6) is 0 Å². The maximum absolute atomic E-state index is 12.9. The lowest BCUT2D eigenvalue weighted by Gasteiger charge is -2.10. The van der Waals surface area contributed by atoms with Crippen molar-refractivity contribution in [2.24, 2.45) is 0 Å². The lowest BCUT2D eigenvalue weighted by molar-refractivity contribution is -0.137. The van der Waals surface area contributed by atoms with Crippen molar-refractivity contribution in [1.82, 2.24) is 14.8 Å². The van der Waals surface area contributed by atoms with Gasteiger partial charge in [0.2, 0.25) is 11.9 Å². The standard InChI is InChI=1S/C14H15FN4O3/c1-9(10-2-4-11(15)5-3-10)6-12(20)17-14-16-8-19(18-14)7-13(21)22/h2-5,8-9H,6-7H2,1H3,(H,21,22)(H,17,18,20). The molecule has 1 aromatic heterocycles. The maximum Gasteiger partial charge on any atom is 0.325 e. The Morgan fingerprint density at radius 2 is 2.05 bits per heavy atom. The molecule has 1 atom stereocenters. The van der Waals surface area contributed by atoms with Gasteiger partial charge in [-0.1, -0.05) is 19.1 Å². The number of anilines is 1. The summed E-state index contributed by atoms with van der Waals surface area (Å²) in [5.41, 5.74) is 0.848. The second-order valence-electron chi connectivity index (χ2n) is 4.86. The molecule has 0 spiro atoms. The summed E-state index contributed by atoms with van der Waals surface area (Å²) in [6, 6.07) is 5.96. The zero-order valence-corrected chi connectivity index (χ0v) is 11.9. The van der Waals surface area contributed by atoms with Crippen LogP contribution in [0.25, 0.3) is 0 Å². The van der Waals surface area contributed by atoms with Crippen LogP contribution in [0, 0.1) is 5.82 Å². The molecule has 22 heavy (non-hydrogen) atoms. The summed E-state index contributed by atoms with van der Waals surface area (Å²) >= 11 is 0. The summed E-state index contributed by atoms with van der Waals surface area (Å²) < 4.78 is 14.0. The first-order valence-electron chi connectivity index (χ1n) is 6.60. The Labute approximate surface area is 125 Å². The van der Waals surface area contributed by atoms with Crippen LogP contribution in [-0.4, -0.2) is 31.7 Å². The molecule has 0 aliphatic heterocycles. The zero-order valence-electron chi connectivity index (χ0n) is 11.9. The van der Waals surface area contributed by atoms with Gasteiger partial charge in [0.25, 0.3) is 0 Å². The van der Waals surface area contributed by atoms with Crippen LogP contribution in [0.4, 0.5) is 10.3 Å². The Hall–Kier alpha value is -2.77. The van der Waals surface area contributed by atoms with E-state index in [-0.39, 0.29) is 36.6 Å². The average Bonchev–Trinajstić information content (AvgIpc) is 2.85. The number of amides is 1. The Morgan fingerprint density at radius 1 is 1.36 bits per heavy atom. The first-order chi connectivity index (χ1) is 10.4. The molecule has 116 valence electrons. The van der Waals surface area contributed by atoms with E-state index in [1.807, 2.05) is 6.92 Å². The zero-order chi connectivity index (χ0) is 16.1. The van der Waals surface area contributed by atoms with Crippen LogP contribution < -0.4 is 5.32 Å². The highest BCUT2D eigenvalue weighted by molar-refractivity contribution is 5.89. The number of aliphatic carboxylic acids is 1. The smallest absolute Gasteiger partial charge is 0.325 e. The molecule has 2 aromatic rings. The second kappa shape index (κ2) is 6.79. The molecule has 0 saturated carbocycles. The maximum atomic E-state index is 12.9. The summed E-state index contributed by atoms with van der Waals surface area (Å²) in [7, 11) is 0. The quantitative estimate of drug-likeness (QED) is 0.845. The van der Waals surface area contributed by atoms with Gasteiger partial charge < -0.3 is 5.11 Å². The van der Waals surface area contributed by atoms with Crippen LogP contribution in [0.2, 0.25) is 0 Å². The molecule has 2 N–H and O–H groups in total. The van der Waals surface area contributed by atoms with Crippen molar-refractivity contribution in [3.05, 3.63) is 42.0 Å². The van der Waals surface area contributed by atoms with Gasteiger partial charge in [-0.2, -0.15) is 0 Å². The van der Waals surface area contributed by atoms with Crippen LogP contribution in [0.3, 0.4) is 0 Å². The number of nitrogens with one attached hydrogen (secondary N) is 1. The Bertz CT molecular complexity index is 669. The molecule has 0 bridgehead atoms. The third-order valence-corrected chi connectivity index (χ3v) is 3.02. The summed E-state index contributed by atoms with van der Waals surface area (Å²) in [5, 5.41) is 14.9. The van der Waals surface area contributed by atoms with Gasteiger partial charge in [-0.3, -0.25) is 14.9 Å². The summed E-state index contributed by atoms with van der Waals surface area (Å²) in [6.07, 6.45) is 1.41. The minimum atomic E-state index is -1.05. The van der Waals surface area contributed by atoms with E-state index >= 15 is 0 Å². The fourth-order valence-electron chi connectivity index (χ4n) is 1.93. The molecule has 0 aliphatic rings. The van der Waals surface area contributed by atoms with Crippen LogP contribution in [0.1, 0.15) is 24.8 Å². The number of carbonyl (C=O) groups is 2. The van der Waals surface area contributed by atoms with E-state index in [0.29, 0.717) is 0 Å². The second-order valence-corrected chi connectivity index (χ2v) is 4.86. The topological polar surface area (TPSA) is 97.1 Å². The SMILES string of the molecule is CC(CC(=O)Nc1ncn(CC(=O)O)n1)c1ccc(F)cc1. The van der Waals surface area contributed by atoms with Gasteiger partial charge in [0.15, 0.2) is 0 Å². The van der Waals surface area contributed by atoms with Crippen LogP contribution >= 0.6 is 0 Å². The number of carboxylic acids is 1. The van der Waals surface area contributed by atoms with Crippen LogP contribution in [0.15, 0.2) is 30.6 Å². The highest BCUT2D eigenvalue weighted by atomic mass is 19.1. The van der Waals surface area contributed by atoms with Crippen LogP contribution in [-0.2, 0) is 16.1 Å². The molecular formula is C14H15FN4O3. The van der Waals surface area contributed by atoms with Gasteiger partial charge in [0.1, 0.15) is 18.7 Å². The highest BCUT2D eigenvalue weighted by Gasteiger charge is 2.13. The molecule has 1 amide bonds. The van der Waals surface area contributed by atoms with Crippen molar-refractivity contribution in [3.8, 4) is 0 Å². The van der Waals surface area contributed by atoms with Gasteiger partial charge in [-0.15, -0.1) is 5.10 Å². The molecule has 0 saturated heterocycles. The summed E-state index contributed by atoms with van der Waals surface area (Å²) in [4.78, 5) is 26.2. The van der Waals surface area contributed by atoms with Crippen molar-refractivity contribution in [1.29, 1.82) is 0 Å². The number of hydrogen-bond donors (Lipinski definition) is 2. The van der Waals surface area contributed by atoms with E-state index in [4.69, 9.17) is 5.11 Å². The van der Waals surface area contributed by atoms with E-state index in [1.165, 1.54) is 18.5 Å². The average molecular weight is 306 g/mol. The Kier molecular flexibility index (Phi) is 4.82. The molecule has 8 heteroatoms. The predicted octanol–water partition coefficient (Wildman–Crippen LogP) is 1.63. The lowest BCUT2D eigenvalue weighted by Crippen LogP contribution is -2.16. The van der Waals surface area contributed by atoms with E-state index in [9.17, 15) is 14.0 Å². The normalized spacial score (nSPS) is 11.9. The molecule has 1 heterocycles. The number of halogens is 1. The van der Waals surface area contributed by atoms with Gasteiger partial charge in [0, 0.05) is 6.42 Å². The van der Waals surface area contributed by atoms with Gasteiger partial charge in [0.05, 0.1) is 0 Å². The molecular weight excluding hydrogens is 291 g/mol. The summed E-state index contributed by atoms with van der Waals surface area (Å²) in [6.45, 7) is 1.53. The van der Waals surface area contributed by atoms with E-state index in [2.05, 4.69) is 15.4 Å². The van der Waals surface area contributed by atoms with Crippen molar-refractivity contribution >= 4 is 17.8 Å². The number of benzene rings is 1. The molecule has 2 rings (SSSR count). The third-order valence-electron chi connectivity index (χ3n) is 3.02. The number of carboxylic acid groups (broad SMARTS) is 1. The minimum Gasteiger partial charge on any atom is -0.480 e. The predicted molar refractivity (Wildman–Crippen MR) is 75.7 cm³/mol. The van der Waals surface area contributed by atoms with Crippen molar-refractivity contribution in [2.45, 2.75) is 25.8 Å². The minimum absolute atomic E-state index is 0.0533. The monoisotopic (exact) mass is 306 g/mol. The number of rotatable bonds is 6. The van der Waals surface area contributed by atoms with Gasteiger partial charge in [-0.25, -0.2) is 14.1 Å². The lowest BCUT2D eigenvalue weighted by atomic mass is 9.97. The fourth-order valence-corrected chi connectivity index (χ4v) is 1.93. The molecule has 0 fully saturated rings. The molecule has 1 aromatic carbocycles. The molecule has 7 nitrogen and oxygen atoms in total. The number of carbonyl (C=O) groups excluding carboxylic acids is 1. The largest absolute Gasteiger partial charge is 0.480 e. The van der Waals surface area contributed by atoms with Crippen molar-refractivity contribution < 1.29 is 19.1 Å². The Morgan fingerprint density at radius 3 is 2.68 bits per heavy atom. The highest BCUT2D eigenvalue weighted by Crippen LogP contribution is 2.19. The van der Waals surface area contributed by atoms with E-state index in [0.717, 1.165) is 10.2 Å². The number of nitrogens with zero attached hydrogens (tertiary/aromatic N) is 3. The van der Waals surface area contributed by atoms with Crippen molar-refractivity contribution in [2.75, 3.05) is 5.32 Å². The molecule has 0 aliphatic carbocycles. The van der Waals surface area contributed by atoms with Crippen molar-refractivity contribution in [3.63, 3.8) is 0 Å². The van der Waals surface area contributed by atoms with E-state index in [1.54, 1.807) is 12.1 Å². The summed E-state index contributed by atoms with van der Waals surface area (Å²) in [5.74, 6) is -1.72.